The number of hydrogen-bond donors (Lipinski definition) is 0. The molecule has 0 fully saturated rings. The molecule has 0 aliphatic carbocycles. The Bertz CT molecular complexity index is 1510. The summed E-state index contributed by atoms with van der Waals surface area (Å²) < 4.78 is 32.7. The third-order valence-corrected chi connectivity index (χ3v) is 10.0. The van der Waals surface area contributed by atoms with E-state index in [0.717, 1.165) is 75.6 Å². The van der Waals surface area contributed by atoms with Crippen molar-refractivity contribution in [3.63, 3.8) is 0 Å². The summed E-state index contributed by atoms with van der Waals surface area (Å²) in [6.07, 6.45) is 3.16. The molecule has 1 heterocycles. The highest BCUT2D eigenvalue weighted by atomic mass is 32.2. The number of carbonyl (C=O) groups excluding carboxylic acids is 1. The van der Waals surface area contributed by atoms with Crippen LogP contribution in [0.15, 0.2) is 66.7 Å². The van der Waals surface area contributed by atoms with Crippen LogP contribution in [-0.2, 0) is 0 Å². The Kier molecular flexibility index (Phi) is 13.9. The minimum absolute atomic E-state index is 0.173. The largest absolute Gasteiger partial charge is 0.590 e. The summed E-state index contributed by atoms with van der Waals surface area (Å²) in [6.45, 7) is 18.1. The van der Waals surface area contributed by atoms with E-state index in [4.69, 9.17) is 14.2 Å². The first-order valence-corrected chi connectivity index (χ1v) is 18.0. The van der Waals surface area contributed by atoms with Gasteiger partial charge in [0.1, 0.15) is 30.5 Å². The van der Waals surface area contributed by atoms with Gasteiger partial charge in [0.2, 0.25) is 0 Å². The van der Waals surface area contributed by atoms with Gasteiger partial charge in [0.15, 0.2) is 15.4 Å². The van der Waals surface area contributed by atoms with Gasteiger partial charge in [-0.25, -0.2) is 0 Å². The first-order valence-electron chi connectivity index (χ1n) is 16.8. The average molecular weight is 647 g/mol. The Labute approximate surface area is 277 Å². The van der Waals surface area contributed by atoms with Gasteiger partial charge in [-0.3, -0.25) is 4.79 Å². The zero-order valence-corrected chi connectivity index (χ0v) is 29.0. The van der Waals surface area contributed by atoms with Crippen molar-refractivity contribution >= 4 is 26.6 Å². The topological polar surface area (TPSA) is 74.3 Å². The van der Waals surface area contributed by atoms with Gasteiger partial charge in [-0.2, -0.15) is 0 Å². The van der Waals surface area contributed by atoms with Gasteiger partial charge in [-0.15, -0.1) is 0 Å². The highest BCUT2D eigenvalue weighted by Crippen LogP contribution is 2.47. The summed E-state index contributed by atoms with van der Waals surface area (Å²) in [5, 5.41) is 0.679. The van der Waals surface area contributed by atoms with E-state index in [1.54, 1.807) is 12.1 Å². The summed E-state index contributed by atoms with van der Waals surface area (Å²) in [4.78, 5) is 19.3. The van der Waals surface area contributed by atoms with Crippen molar-refractivity contribution in [2.24, 2.45) is 0 Å². The predicted octanol–water partition coefficient (Wildman–Crippen LogP) is 8.48. The number of unbranched alkanes of at least 4 members (excludes halogenated alkanes) is 2. The van der Waals surface area contributed by atoms with Crippen molar-refractivity contribution in [1.82, 2.24) is 9.80 Å². The van der Waals surface area contributed by atoms with Crippen LogP contribution in [0.1, 0.15) is 69.8 Å². The zero-order valence-electron chi connectivity index (χ0n) is 28.2. The highest BCUT2D eigenvalue weighted by molar-refractivity contribution is 7.35. The lowest BCUT2D eigenvalue weighted by atomic mass is 9.97. The fourth-order valence-electron chi connectivity index (χ4n) is 5.51. The number of ether oxygens (including phenoxy) is 3. The number of carbonyl (C=O) groups is 1. The molecule has 0 N–H and O–H groups in total. The van der Waals surface area contributed by atoms with Gasteiger partial charge in [0.05, 0.1) is 17.6 Å². The number of hydrogen-bond acceptors (Lipinski definition) is 7. The van der Waals surface area contributed by atoms with Crippen LogP contribution in [0.25, 0.3) is 20.5 Å². The summed E-state index contributed by atoms with van der Waals surface area (Å²) >= 11 is 0. The van der Waals surface area contributed by atoms with Crippen LogP contribution >= 0.6 is 10.8 Å². The summed E-state index contributed by atoms with van der Waals surface area (Å²) in [5.74, 6) is 1.95. The predicted molar refractivity (Wildman–Crippen MR) is 189 cm³/mol. The molecule has 0 amide bonds. The van der Waals surface area contributed by atoms with E-state index >= 15 is 0 Å². The van der Waals surface area contributed by atoms with Crippen LogP contribution in [0.3, 0.4) is 0 Å². The maximum atomic E-state index is 14.2. The molecule has 0 saturated heterocycles. The van der Waals surface area contributed by atoms with Crippen molar-refractivity contribution in [2.45, 2.75) is 53.9 Å². The van der Waals surface area contributed by atoms with E-state index in [0.29, 0.717) is 51.7 Å². The Morgan fingerprint density at radius 2 is 1.20 bits per heavy atom. The Balaban J connectivity index is 1.63. The van der Waals surface area contributed by atoms with E-state index in [1.165, 1.54) is 0 Å². The molecule has 4 aromatic rings. The second kappa shape index (κ2) is 18.0. The molecule has 1 aromatic heterocycles. The number of fused-ring (bicyclic) bond motifs is 1. The molecule has 1 atom stereocenters. The van der Waals surface area contributed by atoms with Crippen LogP contribution in [0.4, 0.5) is 0 Å². The molecule has 248 valence electrons. The van der Waals surface area contributed by atoms with Crippen LogP contribution in [0.5, 0.6) is 17.2 Å². The quantitative estimate of drug-likeness (QED) is 0.0542. The second-order valence-electron chi connectivity index (χ2n) is 11.3. The standard InChI is InChI=1S/C38H50N2O5S/c1-6-11-12-25-43-33-21-22-34-35(28-33)46(42)38(30-15-19-32(20-16-30)45-27-24-40(9-4)10-5)36(34)37(41)29-13-17-31(18-14-29)44-26-23-39(7-2)8-3/h13-22,28H,6-12,23-27H2,1-5H3. The van der Waals surface area contributed by atoms with E-state index in [9.17, 15) is 9.35 Å². The minimum atomic E-state index is -1.56. The van der Waals surface area contributed by atoms with E-state index < -0.39 is 10.8 Å². The summed E-state index contributed by atoms with van der Waals surface area (Å²) in [7, 11) is -1.56. The first kappa shape index (κ1) is 35.4. The lowest BCUT2D eigenvalue weighted by molar-refractivity contribution is 0.104. The summed E-state index contributed by atoms with van der Waals surface area (Å²) in [5.41, 5.74) is 1.71. The molecular weight excluding hydrogens is 596 g/mol. The van der Waals surface area contributed by atoms with E-state index in [-0.39, 0.29) is 5.78 Å². The second-order valence-corrected chi connectivity index (χ2v) is 12.7. The number of rotatable bonds is 20. The van der Waals surface area contributed by atoms with Crippen molar-refractivity contribution in [2.75, 3.05) is 59.1 Å². The molecular formula is C38H50N2O5S. The fourth-order valence-corrected chi connectivity index (χ4v) is 7.06. The van der Waals surface area contributed by atoms with Crippen molar-refractivity contribution in [3.8, 4) is 27.7 Å². The Morgan fingerprint density at radius 1 is 0.674 bits per heavy atom. The molecule has 8 heteroatoms. The van der Waals surface area contributed by atoms with E-state index in [1.807, 2.05) is 54.6 Å². The minimum Gasteiger partial charge on any atom is -0.590 e. The smallest absolute Gasteiger partial charge is 0.199 e. The maximum absolute atomic E-state index is 14.2. The van der Waals surface area contributed by atoms with Crippen molar-refractivity contribution in [3.05, 3.63) is 77.9 Å². The zero-order chi connectivity index (χ0) is 32.9. The lowest BCUT2D eigenvalue weighted by Gasteiger charge is -2.18. The van der Waals surface area contributed by atoms with Gasteiger partial charge in [0.25, 0.3) is 0 Å². The first-order chi connectivity index (χ1) is 22.4. The SMILES string of the molecule is CCCCCOc1ccc2c(C(=O)c3ccc(OCCN(CC)CC)cc3)c(-c3ccc(OCCN(CC)CC)cc3)[s+]([O-])c2c1. The third-order valence-electron chi connectivity index (χ3n) is 8.45. The van der Waals surface area contributed by atoms with Crippen LogP contribution < -0.4 is 14.2 Å². The van der Waals surface area contributed by atoms with Gasteiger partial charge in [-0.05, 0) is 104 Å². The third kappa shape index (κ3) is 9.10. The molecule has 0 bridgehead atoms. The molecule has 3 aromatic carbocycles. The molecule has 4 rings (SSSR count). The van der Waals surface area contributed by atoms with Crippen LogP contribution in [0.2, 0.25) is 0 Å². The molecule has 0 aliphatic heterocycles. The van der Waals surface area contributed by atoms with Crippen LogP contribution in [-0.4, -0.2) is 79.2 Å². The van der Waals surface area contributed by atoms with E-state index in [2.05, 4.69) is 44.4 Å². The Hall–Kier alpha value is -3.43. The molecule has 0 spiro atoms. The number of likely N-dealkylation sites (N-methyl/N-ethyl adjacent to an activating group) is 2. The fraction of sp³-hybridized carbons (Fsp3) is 0.447. The molecule has 0 radical (unpaired) electrons. The highest BCUT2D eigenvalue weighted by Gasteiger charge is 2.30. The number of thiophene rings is 1. The molecule has 0 aliphatic rings. The normalized spacial score (nSPS) is 11.9. The van der Waals surface area contributed by atoms with Gasteiger partial charge in [-0.1, -0.05) is 47.5 Å². The monoisotopic (exact) mass is 646 g/mol. The number of ketones is 1. The number of benzene rings is 3. The van der Waals surface area contributed by atoms with Crippen LogP contribution in [0, 0.1) is 0 Å². The average Bonchev–Trinajstić information content (AvgIpc) is 3.38. The molecule has 7 nitrogen and oxygen atoms in total. The van der Waals surface area contributed by atoms with Gasteiger partial charge >= 0.3 is 0 Å². The Morgan fingerprint density at radius 3 is 1.74 bits per heavy atom. The lowest BCUT2D eigenvalue weighted by Crippen LogP contribution is -2.27. The van der Waals surface area contributed by atoms with Crippen molar-refractivity contribution < 1.29 is 23.6 Å². The summed E-state index contributed by atoms with van der Waals surface area (Å²) in [6, 6.07) is 20.4. The van der Waals surface area contributed by atoms with Gasteiger partial charge < -0.3 is 28.6 Å². The number of nitrogens with zero attached hydrogens (tertiary/aromatic N) is 2. The molecule has 46 heavy (non-hydrogen) atoms. The molecule has 1 unspecified atom stereocenters. The van der Waals surface area contributed by atoms with Crippen molar-refractivity contribution in [1.29, 1.82) is 0 Å². The maximum Gasteiger partial charge on any atom is 0.199 e. The molecule has 0 saturated carbocycles. The van der Waals surface area contributed by atoms with Gasteiger partial charge in [0, 0.05) is 30.3 Å².